The molecule has 2 fully saturated rings. The molecule has 2 amide bonds. The molecule has 168 valence electrons. The van der Waals surface area contributed by atoms with Crippen LogP contribution in [0.4, 0.5) is 11.4 Å². The lowest BCUT2D eigenvalue weighted by molar-refractivity contribution is 0.0654. The van der Waals surface area contributed by atoms with Crippen molar-refractivity contribution < 1.29 is 9.59 Å². The minimum Gasteiger partial charge on any atom is -0.368 e. The van der Waals surface area contributed by atoms with Crippen LogP contribution in [0, 0.1) is 0 Å². The van der Waals surface area contributed by atoms with E-state index < -0.39 is 0 Å². The molecule has 0 bridgehead atoms. The summed E-state index contributed by atoms with van der Waals surface area (Å²) in [6, 6.07) is 16.0. The number of anilines is 2. The van der Waals surface area contributed by atoms with Gasteiger partial charge in [-0.3, -0.25) is 9.59 Å². The molecule has 2 saturated heterocycles. The van der Waals surface area contributed by atoms with E-state index in [4.69, 9.17) is 0 Å². The summed E-state index contributed by atoms with van der Waals surface area (Å²) in [6.07, 6.45) is 4.50. The fraction of sp³-hybridized carbons (Fsp3) is 0.462. The van der Waals surface area contributed by atoms with Crippen LogP contribution in [0.1, 0.15) is 53.3 Å². The summed E-state index contributed by atoms with van der Waals surface area (Å²) in [5.41, 5.74) is 3.55. The van der Waals surface area contributed by atoms with E-state index in [1.54, 1.807) is 0 Å². The number of fused-ring (bicyclic) bond motifs is 2. The minimum atomic E-state index is 0.0623. The summed E-state index contributed by atoms with van der Waals surface area (Å²) in [5.74, 6) is 0.180. The van der Waals surface area contributed by atoms with E-state index in [1.165, 1.54) is 12.1 Å². The molecule has 6 heteroatoms. The highest BCUT2D eigenvalue weighted by Gasteiger charge is 2.37. The van der Waals surface area contributed by atoms with Crippen LogP contribution < -0.4 is 9.80 Å². The monoisotopic (exact) mass is 432 g/mol. The topological polar surface area (TPSA) is 47.1 Å². The zero-order valence-corrected chi connectivity index (χ0v) is 18.9. The maximum absolute atomic E-state index is 13.3. The fourth-order valence-electron chi connectivity index (χ4n) is 5.42. The maximum atomic E-state index is 13.3. The molecule has 3 aliphatic heterocycles. The van der Waals surface area contributed by atoms with Crippen LogP contribution in [0.5, 0.6) is 0 Å². The smallest absolute Gasteiger partial charge is 0.257 e. The van der Waals surface area contributed by atoms with Gasteiger partial charge in [0.25, 0.3) is 11.8 Å². The minimum absolute atomic E-state index is 0.0623. The van der Waals surface area contributed by atoms with Crippen molar-refractivity contribution in [3.63, 3.8) is 0 Å². The SMILES string of the molecule is CCN1c2cc(C(=O)N3CCN(c4ccccc4)CC3)ccc2C(=O)N2CCCCC[C@@H]21. The van der Waals surface area contributed by atoms with E-state index >= 15 is 0 Å². The molecule has 2 aromatic rings. The van der Waals surface area contributed by atoms with E-state index in [0.717, 1.165) is 56.7 Å². The normalized spacial score (nSPS) is 21.2. The molecule has 2 aromatic carbocycles. The molecule has 0 spiro atoms. The maximum Gasteiger partial charge on any atom is 0.257 e. The van der Waals surface area contributed by atoms with E-state index in [9.17, 15) is 9.59 Å². The number of carbonyl (C=O) groups excluding carboxylic acids is 2. The highest BCUT2D eigenvalue weighted by atomic mass is 16.2. The van der Waals surface area contributed by atoms with E-state index in [1.807, 2.05) is 34.1 Å². The van der Waals surface area contributed by atoms with Gasteiger partial charge in [0.2, 0.25) is 0 Å². The van der Waals surface area contributed by atoms with Gasteiger partial charge in [0.1, 0.15) is 6.17 Å². The Hall–Kier alpha value is -3.02. The summed E-state index contributed by atoms with van der Waals surface area (Å²) in [4.78, 5) is 35.2. The molecule has 3 heterocycles. The summed E-state index contributed by atoms with van der Waals surface area (Å²) in [7, 11) is 0. The predicted molar refractivity (Wildman–Crippen MR) is 127 cm³/mol. The Kier molecular flexibility index (Phi) is 5.77. The lowest BCUT2D eigenvalue weighted by Gasteiger charge is -2.45. The largest absolute Gasteiger partial charge is 0.368 e. The zero-order valence-electron chi connectivity index (χ0n) is 18.9. The Balaban J connectivity index is 1.35. The molecule has 0 aromatic heterocycles. The van der Waals surface area contributed by atoms with Crippen molar-refractivity contribution in [2.24, 2.45) is 0 Å². The van der Waals surface area contributed by atoms with Crippen LogP contribution in [-0.2, 0) is 0 Å². The van der Waals surface area contributed by atoms with Gasteiger partial charge in [0, 0.05) is 50.5 Å². The number of hydrogen-bond acceptors (Lipinski definition) is 4. The first-order valence-corrected chi connectivity index (χ1v) is 12.0. The first kappa shape index (κ1) is 20.9. The molecule has 3 aliphatic rings. The Morgan fingerprint density at radius 3 is 2.47 bits per heavy atom. The van der Waals surface area contributed by atoms with Crippen molar-refractivity contribution in [2.45, 2.75) is 38.8 Å². The summed E-state index contributed by atoms with van der Waals surface area (Å²) in [5, 5.41) is 0. The average molecular weight is 433 g/mol. The average Bonchev–Trinajstić information content (AvgIpc) is 3.11. The Labute approximate surface area is 190 Å². The Bertz CT molecular complexity index is 985. The molecular formula is C26H32N4O2. The van der Waals surface area contributed by atoms with Gasteiger partial charge in [-0.1, -0.05) is 24.6 Å². The van der Waals surface area contributed by atoms with Gasteiger partial charge in [0.15, 0.2) is 0 Å². The standard InChI is InChI=1S/C26H32N4O2/c1-2-29-23-19-20(12-13-22(23)26(32)30-14-8-4-7-11-24(29)30)25(31)28-17-15-27(16-18-28)21-9-5-3-6-10-21/h3,5-6,9-10,12-13,19,24H,2,4,7-8,11,14-18H2,1H3/t24-/m1/s1. The Morgan fingerprint density at radius 2 is 1.72 bits per heavy atom. The van der Waals surface area contributed by atoms with Crippen molar-refractivity contribution in [3.05, 3.63) is 59.7 Å². The van der Waals surface area contributed by atoms with Crippen molar-refractivity contribution in [3.8, 4) is 0 Å². The second kappa shape index (κ2) is 8.85. The van der Waals surface area contributed by atoms with Gasteiger partial charge in [-0.25, -0.2) is 0 Å². The van der Waals surface area contributed by atoms with Crippen LogP contribution in [-0.4, -0.2) is 67.0 Å². The highest BCUT2D eigenvalue weighted by molar-refractivity contribution is 6.04. The highest BCUT2D eigenvalue weighted by Crippen LogP contribution is 2.35. The molecule has 0 aliphatic carbocycles. The third-order valence-corrected chi connectivity index (χ3v) is 7.16. The van der Waals surface area contributed by atoms with Crippen LogP contribution in [0.25, 0.3) is 0 Å². The van der Waals surface area contributed by atoms with E-state index in [-0.39, 0.29) is 18.0 Å². The van der Waals surface area contributed by atoms with Crippen molar-refractivity contribution in [2.75, 3.05) is 49.1 Å². The summed E-state index contributed by atoms with van der Waals surface area (Å²) < 4.78 is 0. The second-order valence-corrected chi connectivity index (χ2v) is 8.96. The first-order valence-electron chi connectivity index (χ1n) is 12.0. The zero-order chi connectivity index (χ0) is 22.1. The number of piperazine rings is 1. The third kappa shape index (κ3) is 3.72. The molecule has 1 atom stereocenters. The van der Waals surface area contributed by atoms with Crippen molar-refractivity contribution >= 4 is 23.2 Å². The van der Waals surface area contributed by atoms with Gasteiger partial charge < -0.3 is 19.6 Å². The first-order chi connectivity index (χ1) is 15.7. The molecule has 0 N–H and O–H groups in total. The number of amides is 2. The van der Waals surface area contributed by atoms with Gasteiger partial charge in [0.05, 0.1) is 11.3 Å². The van der Waals surface area contributed by atoms with Gasteiger partial charge in [-0.2, -0.15) is 0 Å². The van der Waals surface area contributed by atoms with Crippen LogP contribution in [0.2, 0.25) is 0 Å². The number of hydrogen-bond donors (Lipinski definition) is 0. The predicted octanol–water partition coefficient (Wildman–Crippen LogP) is 3.83. The quantitative estimate of drug-likeness (QED) is 0.740. The van der Waals surface area contributed by atoms with E-state index in [0.29, 0.717) is 18.7 Å². The van der Waals surface area contributed by atoms with Gasteiger partial charge in [-0.15, -0.1) is 0 Å². The molecular weight excluding hydrogens is 400 g/mol. The van der Waals surface area contributed by atoms with Gasteiger partial charge >= 0.3 is 0 Å². The Morgan fingerprint density at radius 1 is 0.938 bits per heavy atom. The number of para-hydroxylation sites is 1. The number of rotatable bonds is 3. The van der Waals surface area contributed by atoms with Crippen LogP contribution in [0.15, 0.2) is 48.5 Å². The lowest BCUT2D eigenvalue weighted by Crippen LogP contribution is -2.55. The fourth-order valence-corrected chi connectivity index (χ4v) is 5.42. The number of nitrogens with zero attached hydrogens (tertiary/aromatic N) is 4. The van der Waals surface area contributed by atoms with Crippen LogP contribution >= 0.6 is 0 Å². The molecule has 5 rings (SSSR count). The molecule has 0 saturated carbocycles. The van der Waals surface area contributed by atoms with E-state index in [2.05, 4.69) is 41.0 Å². The summed E-state index contributed by atoms with van der Waals surface area (Å²) in [6.45, 7) is 6.87. The third-order valence-electron chi connectivity index (χ3n) is 7.16. The number of carbonyl (C=O) groups is 2. The molecule has 0 radical (unpaired) electrons. The molecule has 32 heavy (non-hydrogen) atoms. The van der Waals surface area contributed by atoms with Gasteiger partial charge in [-0.05, 0) is 56.5 Å². The summed E-state index contributed by atoms with van der Waals surface area (Å²) >= 11 is 0. The second-order valence-electron chi connectivity index (χ2n) is 8.96. The molecule has 0 unspecified atom stereocenters. The number of benzene rings is 2. The van der Waals surface area contributed by atoms with Crippen molar-refractivity contribution in [1.82, 2.24) is 9.80 Å². The molecule has 6 nitrogen and oxygen atoms in total. The van der Waals surface area contributed by atoms with Crippen LogP contribution in [0.3, 0.4) is 0 Å². The lowest BCUT2D eigenvalue weighted by atomic mass is 10.0. The van der Waals surface area contributed by atoms with Crippen molar-refractivity contribution in [1.29, 1.82) is 0 Å².